The van der Waals surface area contributed by atoms with Crippen LogP contribution in [0.5, 0.6) is 0 Å². The van der Waals surface area contributed by atoms with E-state index >= 15 is 0 Å². The lowest BCUT2D eigenvalue weighted by atomic mass is 10.0. The minimum absolute atomic E-state index is 0.957. The number of nitrogens with zero attached hydrogens (tertiary/aromatic N) is 2. The van der Waals surface area contributed by atoms with E-state index in [1.807, 2.05) is 0 Å². The van der Waals surface area contributed by atoms with Gasteiger partial charge < -0.3 is 0 Å². The highest BCUT2D eigenvalue weighted by molar-refractivity contribution is 5.12. The quantitative estimate of drug-likeness (QED) is 0.0768. The smallest absolute Gasteiger partial charge is 0.128 e. The molecule has 0 saturated heterocycles. The maximum absolute atomic E-state index is 4.87. The van der Waals surface area contributed by atoms with Gasteiger partial charge in [0.25, 0.3) is 0 Å². The van der Waals surface area contributed by atoms with Gasteiger partial charge in [0.15, 0.2) is 0 Å². The van der Waals surface area contributed by atoms with Crippen molar-refractivity contribution in [2.24, 2.45) is 0 Å². The molecule has 1 heterocycles. The Balaban J connectivity index is 1.99. The van der Waals surface area contributed by atoms with Gasteiger partial charge in [-0.3, -0.25) is 0 Å². The molecule has 0 amide bonds. The Labute approximate surface area is 265 Å². The molecule has 0 spiro atoms. The number of aryl methyl sites for hydroxylation is 3. The highest BCUT2D eigenvalue weighted by Gasteiger charge is 2.05. The second-order valence-electron chi connectivity index (χ2n) is 13.5. The van der Waals surface area contributed by atoms with Crippen molar-refractivity contribution in [3.05, 3.63) is 23.3 Å². The molecule has 0 aliphatic carbocycles. The minimum atomic E-state index is 0.957. The van der Waals surface area contributed by atoms with Crippen LogP contribution in [0.25, 0.3) is 0 Å². The van der Waals surface area contributed by atoms with Crippen LogP contribution in [0.4, 0.5) is 0 Å². The van der Waals surface area contributed by atoms with E-state index in [1.165, 1.54) is 204 Å². The average molecular weight is 585 g/mol. The van der Waals surface area contributed by atoms with Gasteiger partial charge in [0.1, 0.15) is 5.82 Å². The fraction of sp³-hybridized carbons (Fsp3) is 0.900. The predicted octanol–water partition coefficient (Wildman–Crippen LogP) is 13.9. The molecular weight excluding hydrogens is 508 g/mol. The summed E-state index contributed by atoms with van der Waals surface area (Å²) in [6.45, 7) is 6.81. The second-order valence-corrected chi connectivity index (χ2v) is 13.5. The standard InChI is InChI=1S/C40H76N2/c1-4-7-9-11-13-15-17-19-21-23-25-27-29-31-33-35-38-37-39(42-40(6-3)41-38)36-34-32-30-28-26-24-22-20-18-16-14-12-10-8-5-2/h37H,4-36H2,1-3H3. The molecule has 0 atom stereocenters. The molecule has 1 aromatic rings. The van der Waals surface area contributed by atoms with Gasteiger partial charge in [-0.1, -0.05) is 201 Å². The molecule has 1 rings (SSSR count). The normalized spacial score (nSPS) is 11.5. The van der Waals surface area contributed by atoms with Crippen molar-refractivity contribution in [1.82, 2.24) is 9.97 Å². The Morgan fingerprint density at radius 1 is 0.333 bits per heavy atom. The number of rotatable bonds is 33. The highest BCUT2D eigenvalue weighted by Crippen LogP contribution is 2.17. The molecule has 0 bridgehead atoms. The van der Waals surface area contributed by atoms with Crippen LogP contribution in [-0.2, 0) is 19.3 Å². The molecule has 0 aliphatic rings. The summed E-state index contributed by atoms with van der Waals surface area (Å²) in [6.07, 6.45) is 46.0. The number of hydrogen-bond acceptors (Lipinski definition) is 2. The number of unbranched alkanes of at least 4 members (excludes halogenated alkanes) is 28. The van der Waals surface area contributed by atoms with E-state index < -0.39 is 0 Å². The third kappa shape index (κ3) is 25.6. The van der Waals surface area contributed by atoms with E-state index in [9.17, 15) is 0 Å². The van der Waals surface area contributed by atoms with Gasteiger partial charge in [-0.15, -0.1) is 0 Å². The van der Waals surface area contributed by atoms with Crippen molar-refractivity contribution >= 4 is 0 Å². The minimum Gasteiger partial charge on any atom is -0.238 e. The van der Waals surface area contributed by atoms with Crippen molar-refractivity contribution in [3.63, 3.8) is 0 Å². The molecule has 2 nitrogen and oxygen atoms in total. The summed E-state index contributed by atoms with van der Waals surface area (Å²) in [4.78, 5) is 9.73. The molecule has 0 radical (unpaired) electrons. The molecule has 246 valence electrons. The average Bonchev–Trinajstić information content (AvgIpc) is 3.01. The van der Waals surface area contributed by atoms with Crippen LogP contribution in [0.3, 0.4) is 0 Å². The number of hydrogen-bond donors (Lipinski definition) is 0. The zero-order chi connectivity index (χ0) is 30.2. The Kier molecular flexibility index (Phi) is 29.3. The fourth-order valence-electron chi connectivity index (χ4n) is 6.38. The topological polar surface area (TPSA) is 25.8 Å². The van der Waals surface area contributed by atoms with Crippen LogP contribution in [0.2, 0.25) is 0 Å². The van der Waals surface area contributed by atoms with Crippen LogP contribution >= 0.6 is 0 Å². The van der Waals surface area contributed by atoms with Gasteiger partial charge in [-0.05, 0) is 31.7 Å². The lowest BCUT2D eigenvalue weighted by Crippen LogP contribution is -2.03. The third-order valence-electron chi connectivity index (χ3n) is 9.27. The van der Waals surface area contributed by atoms with Gasteiger partial charge >= 0.3 is 0 Å². The van der Waals surface area contributed by atoms with Crippen LogP contribution in [0.1, 0.15) is 231 Å². The number of aromatic nitrogens is 2. The largest absolute Gasteiger partial charge is 0.238 e. The van der Waals surface area contributed by atoms with E-state index in [2.05, 4.69) is 26.8 Å². The van der Waals surface area contributed by atoms with Crippen LogP contribution < -0.4 is 0 Å². The van der Waals surface area contributed by atoms with Crippen LogP contribution in [0.15, 0.2) is 6.07 Å². The van der Waals surface area contributed by atoms with Gasteiger partial charge in [0.05, 0.1) is 0 Å². The second kappa shape index (κ2) is 31.5. The van der Waals surface area contributed by atoms with Crippen molar-refractivity contribution in [3.8, 4) is 0 Å². The van der Waals surface area contributed by atoms with Crippen LogP contribution in [0, 0.1) is 0 Å². The SMILES string of the molecule is CCCCCCCCCCCCCCCCCc1cc(CCCCCCCCCCCCCCCCC)nc(CC)n1. The molecule has 2 heteroatoms. The molecule has 42 heavy (non-hydrogen) atoms. The molecule has 0 unspecified atom stereocenters. The van der Waals surface area contributed by atoms with E-state index in [0.717, 1.165) is 25.1 Å². The third-order valence-corrected chi connectivity index (χ3v) is 9.27. The molecule has 0 N–H and O–H groups in total. The zero-order valence-corrected chi connectivity index (χ0v) is 29.3. The Morgan fingerprint density at radius 3 is 0.810 bits per heavy atom. The summed E-state index contributed by atoms with van der Waals surface area (Å²) in [6, 6.07) is 2.33. The summed E-state index contributed by atoms with van der Waals surface area (Å²) >= 11 is 0. The molecule has 0 aromatic carbocycles. The lowest BCUT2D eigenvalue weighted by molar-refractivity contribution is 0.531. The molecule has 0 saturated carbocycles. The Hall–Kier alpha value is -0.920. The Bertz CT molecular complexity index is 617. The lowest BCUT2D eigenvalue weighted by Gasteiger charge is -2.08. The van der Waals surface area contributed by atoms with Gasteiger partial charge in [0, 0.05) is 17.8 Å². The maximum Gasteiger partial charge on any atom is 0.128 e. The van der Waals surface area contributed by atoms with E-state index in [1.54, 1.807) is 0 Å². The fourth-order valence-corrected chi connectivity index (χ4v) is 6.38. The van der Waals surface area contributed by atoms with Crippen molar-refractivity contribution in [1.29, 1.82) is 0 Å². The zero-order valence-electron chi connectivity index (χ0n) is 29.3. The summed E-state index contributed by atoms with van der Waals surface area (Å²) in [5, 5.41) is 0. The summed E-state index contributed by atoms with van der Waals surface area (Å²) in [5.74, 6) is 1.06. The molecule has 0 aliphatic heterocycles. The summed E-state index contributed by atoms with van der Waals surface area (Å²) < 4.78 is 0. The first-order chi connectivity index (χ1) is 20.8. The van der Waals surface area contributed by atoms with Crippen molar-refractivity contribution < 1.29 is 0 Å². The highest BCUT2D eigenvalue weighted by atomic mass is 14.9. The van der Waals surface area contributed by atoms with E-state index in [0.29, 0.717) is 0 Å². The van der Waals surface area contributed by atoms with Gasteiger partial charge in [-0.2, -0.15) is 0 Å². The molecule has 1 aromatic heterocycles. The van der Waals surface area contributed by atoms with Crippen molar-refractivity contribution in [2.45, 2.75) is 233 Å². The van der Waals surface area contributed by atoms with E-state index in [4.69, 9.17) is 9.97 Å². The maximum atomic E-state index is 4.87. The van der Waals surface area contributed by atoms with Crippen molar-refractivity contribution in [2.75, 3.05) is 0 Å². The Morgan fingerprint density at radius 2 is 0.571 bits per heavy atom. The van der Waals surface area contributed by atoms with Gasteiger partial charge in [-0.25, -0.2) is 9.97 Å². The first-order valence-electron chi connectivity index (χ1n) is 19.7. The van der Waals surface area contributed by atoms with Gasteiger partial charge in [0.2, 0.25) is 0 Å². The molecule has 0 fully saturated rings. The van der Waals surface area contributed by atoms with E-state index in [-0.39, 0.29) is 0 Å². The first kappa shape index (κ1) is 39.1. The first-order valence-corrected chi connectivity index (χ1v) is 19.7. The monoisotopic (exact) mass is 585 g/mol. The van der Waals surface area contributed by atoms with Crippen LogP contribution in [-0.4, -0.2) is 9.97 Å². The predicted molar refractivity (Wildman–Crippen MR) is 189 cm³/mol. The summed E-state index contributed by atoms with van der Waals surface area (Å²) in [7, 11) is 0. The molecular formula is C40H76N2. The summed E-state index contributed by atoms with van der Waals surface area (Å²) in [5.41, 5.74) is 2.60.